The van der Waals surface area contributed by atoms with Crippen molar-refractivity contribution in [3.05, 3.63) is 39.0 Å². The van der Waals surface area contributed by atoms with E-state index in [-0.39, 0.29) is 6.04 Å². The van der Waals surface area contributed by atoms with Crippen LogP contribution in [0.3, 0.4) is 0 Å². The zero-order chi connectivity index (χ0) is 13.1. The molecule has 0 saturated carbocycles. The van der Waals surface area contributed by atoms with Gasteiger partial charge in [-0.15, -0.1) is 0 Å². The normalized spacial score (nSPS) is 12.7. The summed E-state index contributed by atoms with van der Waals surface area (Å²) < 4.78 is 7.30. The molecule has 18 heavy (non-hydrogen) atoms. The van der Waals surface area contributed by atoms with Crippen LogP contribution in [0.25, 0.3) is 11.3 Å². The minimum absolute atomic E-state index is 0.0739. The predicted molar refractivity (Wildman–Crippen MR) is 79.2 cm³/mol. The van der Waals surface area contributed by atoms with E-state index in [9.17, 15) is 0 Å². The molecule has 0 saturated heterocycles. The fourth-order valence-electron chi connectivity index (χ4n) is 1.71. The van der Waals surface area contributed by atoms with Gasteiger partial charge in [0.2, 0.25) is 0 Å². The first-order valence-corrected chi connectivity index (χ1v) is 7.38. The van der Waals surface area contributed by atoms with Crippen molar-refractivity contribution in [3.8, 4) is 11.3 Å². The summed E-state index contributed by atoms with van der Waals surface area (Å²) in [5, 5.41) is 4.07. The number of rotatable bonds is 4. The molecule has 1 aromatic heterocycles. The van der Waals surface area contributed by atoms with Crippen molar-refractivity contribution in [1.29, 1.82) is 0 Å². The summed E-state index contributed by atoms with van der Waals surface area (Å²) in [6.45, 7) is 2.10. The van der Waals surface area contributed by atoms with E-state index in [4.69, 9.17) is 10.3 Å². The third kappa shape index (κ3) is 3.02. The second-order valence-corrected chi connectivity index (χ2v) is 5.85. The summed E-state index contributed by atoms with van der Waals surface area (Å²) in [7, 11) is 0. The molecule has 5 heteroatoms. The lowest BCUT2D eigenvalue weighted by Crippen LogP contribution is -2.08. The maximum Gasteiger partial charge on any atom is 0.154 e. The Hall–Kier alpha value is -0.650. The van der Waals surface area contributed by atoms with Crippen LogP contribution in [0.15, 0.2) is 37.7 Å². The van der Waals surface area contributed by atoms with E-state index in [1.54, 1.807) is 0 Å². The molecule has 0 aliphatic carbocycles. The SMILES string of the molecule is CCCC(N)c1cc(-c2ccc(Br)c(Br)c2)no1. The van der Waals surface area contributed by atoms with Crippen LogP contribution in [-0.4, -0.2) is 5.16 Å². The standard InChI is InChI=1S/C13H14Br2N2O/c1-2-3-11(16)13-7-12(17-18-13)8-4-5-9(14)10(15)6-8/h4-7,11H,2-3,16H2,1H3. The Kier molecular flexibility index (Phi) is 4.59. The lowest BCUT2D eigenvalue weighted by atomic mass is 10.1. The van der Waals surface area contributed by atoms with E-state index in [1.165, 1.54) is 0 Å². The summed E-state index contributed by atoms with van der Waals surface area (Å²) in [5.41, 5.74) is 7.81. The van der Waals surface area contributed by atoms with Gasteiger partial charge in [-0.2, -0.15) is 0 Å². The zero-order valence-electron chi connectivity index (χ0n) is 9.99. The maximum atomic E-state index is 6.00. The Balaban J connectivity index is 2.26. The summed E-state index contributed by atoms with van der Waals surface area (Å²) in [4.78, 5) is 0. The van der Waals surface area contributed by atoms with E-state index in [2.05, 4.69) is 43.9 Å². The lowest BCUT2D eigenvalue weighted by molar-refractivity contribution is 0.356. The van der Waals surface area contributed by atoms with Gasteiger partial charge < -0.3 is 10.3 Å². The minimum atomic E-state index is -0.0739. The number of hydrogen-bond acceptors (Lipinski definition) is 3. The molecule has 3 nitrogen and oxygen atoms in total. The lowest BCUT2D eigenvalue weighted by Gasteiger charge is -2.03. The van der Waals surface area contributed by atoms with Crippen molar-refractivity contribution >= 4 is 31.9 Å². The Morgan fingerprint density at radius 1 is 1.28 bits per heavy atom. The third-order valence-corrected chi connectivity index (χ3v) is 4.59. The topological polar surface area (TPSA) is 52.0 Å². The molecule has 0 fully saturated rings. The van der Waals surface area contributed by atoms with Crippen molar-refractivity contribution in [1.82, 2.24) is 5.16 Å². The summed E-state index contributed by atoms with van der Waals surface area (Å²) >= 11 is 6.91. The first kappa shape index (κ1) is 13.8. The second kappa shape index (κ2) is 5.99. The van der Waals surface area contributed by atoms with Gasteiger partial charge in [-0.05, 0) is 50.4 Å². The van der Waals surface area contributed by atoms with Gasteiger partial charge in [0, 0.05) is 20.6 Å². The van der Waals surface area contributed by atoms with Crippen LogP contribution in [0.5, 0.6) is 0 Å². The molecule has 0 amide bonds. The monoisotopic (exact) mass is 372 g/mol. The molecule has 1 unspecified atom stereocenters. The van der Waals surface area contributed by atoms with Gasteiger partial charge in [-0.3, -0.25) is 0 Å². The molecule has 0 radical (unpaired) electrons. The third-order valence-electron chi connectivity index (χ3n) is 2.71. The second-order valence-electron chi connectivity index (χ2n) is 4.14. The number of nitrogens with zero attached hydrogens (tertiary/aromatic N) is 1. The first-order valence-electron chi connectivity index (χ1n) is 5.79. The van der Waals surface area contributed by atoms with E-state index in [1.807, 2.05) is 24.3 Å². The van der Waals surface area contributed by atoms with Crippen LogP contribution < -0.4 is 5.73 Å². The van der Waals surface area contributed by atoms with Crippen molar-refractivity contribution in [2.24, 2.45) is 5.73 Å². The Morgan fingerprint density at radius 3 is 2.72 bits per heavy atom. The highest BCUT2D eigenvalue weighted by molar-refractivity contribution is 9.13. The molecule has 1 heterocycles. The molecule has 0 aliphatic heterocycles. The van der Waals surface area contributed by atoms with Gasteiger partial charge in [-0.25, -0.2) is 0 Å². The maximum absolute atomic E-state index is 6.00. The minimum Gasteiger partial charge on any atom is -0.359 e. The molecule has 2 aromatic rings. The van der Waals surface area contributed by atoms with Crippen molar-refractivity contribution in [2.75, 3.05) is 0 Å². The summed E-state index contributed by atoms with van der Waals surface area (Å²) in [5.74, 6) is 0.742. The summed E-state index contributed by atoms with van der Waals surface area (Å²) in [6, 6.07) is 7.80. The molecule has 0 spiro atoms. The highest BCUT2D eigenvalue weighted by atomic mass is 79.9. The number of aromatic nitrogens is 1. The van der Waals surface area contributed by atoms with E-state index in [0.29, 0.717) is 0 Å². The van der Waals surface area contributed by atoms with Crippen molar-refractivity contribution < 1.29 is 4.52 Å². The largest absolute Gasteiger partial charge is 0.359 e. The van der Waals surface area contributed by atoms with Gasteiger partial charge in [-0.1, -0.05) is 24.6 Å². The number of halogens is 2. The molecular formula is C13H14Br2N2O. The van der Waals surface area contributed by atoms with Crippen LogP contribution in [0.4, 0.5) is 0 Å². The molecule has 2 rings (SSSR count). The molecule has 0 aliphatic rings. The number of nitrogens with two attached hydrogens (primary N) is 1. The van der Waals surface area contributed by atoms with Gasteiger partial charge in [0.25, 0.3) is 0 Å². The fourth-order valence-corrected chi connectivity index (χ4v) is 2.33. The molecule has 96 valence electrons. The number of hydrogen-bond donors (Lipinski definition) is 1. The van der Waals surface area contributed by atoms with E-state index in [0.717, 1.165) is 38.8 Å². The average molecular weight is 374 g/mol. The highest BCUT2D eigenvalue weighted by Gasteiger charge is 2.13. The van der Waals surface area contributed by atoms with Gasteiger partial charge in [0.1, 0.15) is 5.69 Å². The van der Waals surface area contributed by atoms with Gasteiger partial charge in [0.15, 0.2) is 5.76 Å². The van der Waals surface area contributed by atoms with Gasteiger partial charge >= 0.3 is 0 Å². The fraction of sp³-hybridized carbons (Fsp3) is 0.308. The smallest absolute Gasteiger partial charge is 0.154 e. The van der Waals surface area contributed by atoms with Crippen LogP contribution in [0, 0.1) is 0 Å². The van der Waals surface area contributed by atoms with Gasteiger partial charge in [0.05, 0.1) is 6.04 Å². The highest BCUT2D eigenvalue weighted by Crippen LogP contribution is 2.30. The van der Waals surface area contributed by atoms with E-state index >= 15 is 0 Å². The molecule has 0 bridgehead atoms. The average Bonchev–Trinajstić information content (AvgIpc) is 2.82. The molecular weight excluding hydrogens is 360 g/mol. The van der Waals surface area contributed by atoms with Crippen LogP contribution in [0.1, 0.15) is 31.6 Å². The summed E-state index contributed by atoms with van der Waals surface area (Å²) in [6.07, 6.45) is 1.93. The Morgan fingerprint density at radius 2 is 2.06 bits per heavy atom. The quantitative estimate of drug-likeness (QED) is 0.847. The number of benzene rings is 1. The molecule has 2 N–H and O–H groups in total. The van der Waals surface area contributed by atoms with Crippen LogP contribution >= 0.6 is 31.9 Å². The Labute approximate surface area is 123 Å². The predicted octanol–water partition coefficient (Wildman–Crippen LogP) is 4.67. The molecule has 1 atom stereocenters. The van der Waals surface area contributed by atoms with Crippen molar-refractivity contribution in [3.63, 3.8) is 0 Å². The Bertz CT molecular complexity index is 540. The van der Waals surface area contributed by atoms with Crippen LogP contribution in [-0.2, 0) is 0 Å². The zero-order valence-corrected chi connectivity index (χ0v) is 13.2. The van der Waals surface area contributed by atoms with Crippen LogP contribution in [0.2, 0.25) is 0 Å². The molecule has 1 aromatic carbocycles. The first-order chi connectivity index (χ1) is 8.61. The van der Waals surface area contributed by atoms with E-state index < -0.39 is 0 Å². The van der Waals surface area contributed by atoms with Crippen molar-refractivity contribution in [2.45, 2.75) is 25.8 Å².